The largest absolute Gasteiger partial charge is 0.458 e. The van der Waals surface area contributed by atoms with Gasteiger partial charge in [-0.3, -0.25) is 4.90 Å². The maximum atomic E-state index is 13.1. The van der Waals surface area contributed by atoms with E-state index in [1.165, 1.54) is 0 Å². The maximum absolute atomic E-state index is 13.1. The van der Waals surface area contributed by atoms with Crippen molar-refractivity contribution >= 4 is 5.97 Å². The van der Waals surface area contributed by atoms with Crippen LogP contribution in [0.15, 0.2) is 60.7 Å². The number of hydrogen-bond acceptors (Lipinski definition) is 4. The molecule has 136 valence electrons. The first kappa shape index (κ1) is 17.3. The molecule has 26 heavy (non-hydrogen) atoms. The Hall–Kier alpha value is -2.17. The third-order valence-corrected chi connectivity index (χ3v) is 5.75. The minimum Gasteiger partial charge on any atom is -0.458 e. The summed E-state index contributed by atoms with van der Waals surface area (Å²) in [6.07, 6.45) is 2.23. The van der Waals surface area contributed by atoms with Crippen molar-refractivity contribution in [1.29, 1.82) is 0 Å². The average molecular weight is 351 g/mol. The molecule has 0 aromatic heterocycles. The Balaban J connectivity index is 1.59. The highest BCUT2D eigenvalue weighted by Crippen LogP contribution is 2.33. The second kappa shape index (κ2) is 7.22. The van der Waals surface area contributed by atoms with Crippen LogP contribution in [0, 0.1) is 5.92 Å². The summed E-state index contributed by atoms with van der Waals surface area (Å²) in [5.74, 6) is -0.119. The first-order chi connectivity index (χ1) is 12.6. The van der Waals surface area contributed by atoms with E-state index in [0.717, 1.165) is 38.0 Å². The van der Waals surface area contributed by atoms with Gasteiger partial charge in [-0.25, -0.2) is 4.79 Å². The molecule has 3 fully saturated rings. The van der Waals surface area contributed by atoms with E-state index in [1.54, 1.807) is 12.1 Å². The van der Waals surface area contributed by atoms with Crippen LogP contribution in [0.3, 0.4) is 0 Å². The number of hydrogen-bond donors (Lipinski definition) is 1. The highest BCUT2D eigenvalue weighted by molar-refractivity contribution is 5.81. The first-order valence-electron chi connectivity index (χ1n) is 9.40. The van der Waals surface area contributed by atoms with Crippen LogP contribution in [-0.2, 0) is 21.6 Å². The van der Waals surface area contributed by atoms with Crippen molar-refractivity contribution in [2.24, 2.45) is 5.92 Å². The normalized spacial score (nSPS) is 26.9. The van der Waals surface area contributed by atoms with Crippen molar-refractivity contribution < 1.29 is 14.6 Å². The monoisotopic (exact) mass is 351 g/mol. The van der Waals surface area contributed by atoms with E-state index in [4.69, 9.17) is 4.74 Å². The Morgan fingerprint density at radius 1 is 1.04 bits per heavy atom. The summed E-state index contributed by atoms with van der Waals surface area (Å²) in [6, 6.07) is 18.8. The summed E-state index contributed by atoms with van der Waals surface area (Å²) in [5, 5.41) is 11.4. The van der Waals surface area contributed by atoms with Crippen molar-refractivity contribution in [3.05, 3.63) is 71.8 Å². The van der Waals surface area contributed by atoms with Gasteiger partial charge in [0.1, 0.15) is 6.10 Å². The van der Waals surface area contributed by atoms with Crippen molar-refractivity contribution in [3.8, 4) is 0 Å². The number of carbonyl (C=O) groups excluding carboxylic acids is 1. The Labute approximate surface area is 154 Å². The lowest BCUT2D eigenvalue weighted by atomic mass is 9.84. The lowest BCUT2D eigenvalue weighted by Crippen LogP contribution is -2.53. The number of rotatable bonds is 5. The van der Waals surface area contributed by atoms with E-state index in [0.29, 0.717) is 11.5 Å². The highest BCUT2D eigenvalue weighted by Gasteiger charge is 2.44. The third kappa shape index (κ3) is 3.39. The van der Waals surface area contributed by atoms with Gasteiger partial charge in [0.15, 0.2) is 5.60 Å². The molecule has 0 aliphatic carbocycles. The van der Waals surface area contributed by atoms with Crippen molar-refractivity contribution in [2.75, 3.05) is 19.6 Å². The second-order valence-corrected chi connectivity index (χ2v) is 7.47. The van der Waals surface area contributed by atoms with Crippen LogP contribution in [0.5, 0.6) is 0 Å². The Bertz CT molecular complexity index is 740. The summed E-state index contributed by atoms with van der Waals surface area (Å²) < 4.78 is 5.89. The number of nitrogens with zero attached hydrogens (tertiary/aromatic N) is 1. The zero-order valence-corrected chi connectivity index (χ0v) is 14.9. The average Bonchev–Trinajstić information content (AvgIpc) is 2.70. The van der Waals surface area contributed by atoms with Gasteiger partial charge in [-0.1, -0.05) is 60.7 Å². The summed E-state index contributed by atoms with van der Waals surface area (Å²) in [4.78, 5) is 15.5. The summed E-state index contributed by atoms with van der Waals surface area (Å²) in [6.45, 7) is 2.96. The molecule has 2 aromatic rings. The molecule has 0 saturated carbocycles. The standard InChI is InChI=1S/C22H25NO3/c24-21(26-20-16-23-13-11-18(20)12-14-23)22(25,19-9-5-2-6-10-19)15-17-7-3-1-4-8-17/h1-10,18,20,25H,11-16H2. The number of ether oxygens (including phenoxy) is 1. The molecular formula is C22H25NO3. The van der Waals surface area contributed by atoms with E-state index in [1.807, 2.05) is 48.5 Å². The van der Waals surface area contributed by atoms with Crippen LogP contribution < -0.4 is 0 Å². The molecule has 3 heterocycles. The Kier molecular flexibility index (Phi) is 4.79. The van der Waals surface area contributed by atoms with Crippen molar-refractivity contribution in [1.82, 2.24) is 4.90 Å². The number of fused-ring (bicyclic) bond motifs is 3. The van der Waals surface area contributed by atoms with E-state index in [9.17, 15) is 9.90 Å². The minimum absolute atomic E-state index is 0.115. The molecule has 3 aliphatic rings. The molecule has 5 rings (SSSR count). The van der Waals surface area contributed by atoms with E-state index >= 15 is 0 Å². The number of esters is 1. The Morgan fingerprint density at radius 3 is 2.23 bits per heavy atom. The summed E-state index contributed by atoms with van der Waals surface area (Å²) in [7, 11) is 0. The molecule has 3 aliphatic heterocycles. The Morgan fingerprint density at radius 2 is 1.65 bits per heavy atom. The molecule has 1 N–H and O–H groups in total. The number of piperidine rings is 3. The van der Waals surface area contributed by atoms with E-state index < -0.39 is 11.6 Å². The number of benzene rings is 2. The minimum atomic E-state index is -1.67. The van der Waals surface area contributed by atoms with Gasteiger partial charge in [0, 0.05) is 13.0 Å². The van der Waals surface area contributed by atoms with Crippen LogP contribution >= 0.6 is 0 Å². The van der Waals surface area contributed by atoms with Gasteiger partial charge in [-0.2, -0.15) is 0 Å². The number of aliphatic hydroxyl groups is 1. The van der Waals surface area contributed by atoms with Gasteiger partial charge >= 0.3 is 5.97 Å². The predicted molar refractivity (Wildman–Crippen MR) is 99.5 cm³/mol. The van der Waals surface area contributed by atoms with E-state index in [2.05, 4.69) is 4.90 Å². The zero-order valence-electron chi connectivity index (χ0n) is 14.9. The van der Waals surface area contributed by atoms with Crippen molar-refractivity contribution in [2.45, 2.75) is 31.0 Å². The van der Waals surface area contributed by atoms with Gasteiger partial charge < -0.3 is 9.84 Å². The van der Waals surface area contributed by atoms with Crippen LogP contribution in [0.2, 0.25) is 0 Å². The quantitative estimate of drug-likeness (QED) is 0.842. The van der Waals surface area contributed by atoms with Crippen LogP contribution in [0.25, 0.3) is 0 Å². The maximum Gasteiger partial charge on any atom is 0.343 e. The molecular weight excluding hydrogens is 326 g/mol. The van der Waals surface area contributed by atoms with Gasteiger partial charge in [0.05, 0.1) is 0 Å². The lowest BCUT2D eigenvalue weighted by molar-refractivity contribution is -0.181. The lowest BCUT2D eigenvalue weighted by Gasteiger charge is -2.44. The van der Waals surface area contributed by atoms with E-state index in [-0.39, 0.29) is 12.5 Å². The van der Waals surface area contributed by atoms with Crippen LogP contribution in [0.1, 0.15) is 24.0 Å². The van der Waals surface area contributed by atoms with Gasteiger partial charge in [0.25, 0.3) is 0 Å². The fourth-order valence-electron chi connectivity index (χ4n) is 4.18. The molecule has 3 saturated heterocycles. The topological polar surface area (TPSA) is 49.8 Å². The molecule has 0 spiro atoms. The smallest absolute Gasteiger partial charge is 0.343 e. The molecule has 2 atom stereocenters. The predicted octanol–water partition coefficient (Wildman–Crippen LogP) is 2.75. The fourth-order valence-corrected chi connectivity index (χ4v) is 4.18. The summed E-state index contributed by atoms with van der Waals surface area (Å²) >= 11 is 0. The molecule has 0 radical (unpaired) electrons. The van der Waals surface area contributed by atoms with Crippen molar-refractivity contribution in [3.63, 3.8) is 0 Å². The molecule has 4 heteroatoms. The third-order valence-electron chi connectivity index (χ3n) is 5.75. The fraction of sp³-hybridized carbons (Fsp3) is 0.409. The van der Waals surface area contributed by atoms with Crippen LogP contribution in [-0.4, -0.2) is 41.7 Å². The molecule has 2 bridgehead atoms. The first-order valence-corrected chi connectivity index (χ1v) is 9.40. The van der Waals surface area contributed by atoms with Gasteiger partial charge in [-0.15, -0.1) is 0 Å². The molecule has 0 amide bonds. The summed E-state index contributed by atoms with van der Waals surface area (Å²) in [5.41, 5.74) is -0.186. The highest BCUT2D eigenvalue weighted by atomic mass is 16.6. The molecule has 2 unspecified atom stereocenters. The second-order valence-electron chi connectivity index (χ2n) is 7.47. The number of carbonyl (C=O) groups is 1. The zero-order chi connectivity index (χ0) is 18.0. The van der Waals surface area contributed by atoms with Crippen LogP contribution in [0.4, 0.5) is 0 Å². The SMILES string of the molecule is O=C(OC1CN2CCC1CC2)C(O)(Cc1ccccc1)c1ccccc1. The molecule has 2 aromatic carbocycles. The molecule has 4 nitrogen and oxygen atoms in total. The van der Waals surface area contributed by atoms with Gasteiger partial charge in [-0.05, 0) is 43.0 Å². The van der Waals surface area contributed by atoms with Gasteiger partial charge in [0.2, 0.25) is 0 Å².